The average Bonchev–Trinajstić information content (AvgIpc) is 2.61. The van der Waals surface area contributed by atoms with Crippen LogP contribution in [0.1, 0.15) is 33.6 Å². The number of hydrogen-bond acceptors (Lipinski definition) is 4. The Kier molecular flexibility index (Phi) is 7.79. The number of likely N-dealkylation sites (tertiary alicyclic amines) is 1. The summed E-state index contributed by atoms with van der Waals surface area (Å²) in [6, 6.07) is 8.95. The maximum absolute atomic E-state index is 12.4. The first-order chi connectivity index (χ1) is 12.8. The van der Waals surface area contributed by atoms with Crippen LogP contribution in [0.5, 0.6) is 0 Å². The van der Waals surface area contributed by atoms with Crippen molar-refractivity contribution < 1.29 is 14.4 Å². The molecule has 1 aromatic carbocycles. The van der Waals surface area contributed by atoms with Gasteiger partial charge in [-0.25, -0.2) is 0 Å². The maximum atomic E-state index is 12.4. The van der Waals surface area contributed by atoms with Crippen LogP contribution in [0, 0.1) is 5.92 Å². The summed E-state index contributed by atoms with van der Waals surface area (Å²) in [6.45, 7) is 7.08. The van der Waals surface area contributed by atoms with Crippen molar-refractivity contribution in [1.82, 2.24) is 15.5 Å². The van der Waals surface area contributed by atoms with E-state index in [1.165, 1.54) is 6.92 Å². The van der Waals surface area contributed by atoms with Gasteiger partial charge in [-0.15, -0.1) is 0 Å². The molecule has 0 aromatic heterocycles. The zero-order valence-corrected chi connectivity index (χ0v) is 16.3. The third-order valence-electron chi connectivity index (χ3n) is 4.67. The molecule has 148 valence electrons. The molecule has 1 aliphatic rings. The number of nitrogens with zero attached hydrogens (tertiary/aromatic N) is 1. The zero-order valence-electron chi connectivity index (χ0n) is 16.3. The Balaban J connectivity index is 1.75. The molecule has 7 nitrogen and oxygen atoms in total. The lowest BCUT2D eigenvalue weighted by Crippen LogP contribution is -2.54. The number of para-hydroxylation sites is 1. The predicted molar refractivity (Wildman–Crippen MR) is 105 cm³/mol. The minimum Gasteiger partial charge on any atom is -0.351 e. The number of benzene rings is 1. The van der Waals surface area contributed by atoms with E-state index in [-0.39, 0.29) is 29.7 Å². The Morgan fingerprint density at radius 3 is 2.30 bits per heavy atom. The molecule has 7 heteroatoms. The van der Waals surface area contributed by atoms with Crippen molar-refractivity contribution in [2.24, 2.45) is 5.92 Å². The lowest BCUT2D eigenvalue weighted by molar-refractivity contribution is -0.130. The highest BCUT2D eigenvalue weighted by Crippen LogP contribution is 2.12. The number of hydrogen-bond donors (Lipinski definition) is 3. The number of anilines is 1. The van der Waals surface area contributed by atoms with E-state index >= 15 is 0 Å². The van der Waals surface area contributed by atoms with Crippen molar-refractivity contribution in [3.63, 3.8) is 0 Å². The number of rotatable bonds is 7. The number of nitrogens with one attached hydrogen (secondary N) is 3. The monoisotopic (exact) mass is 374 g/mol. The summed E-state index contributed by atoms with van der Waals surface area (Å²) < 4.78 is 0. The van der Waals surface area contributed by atoms with E-state index in [2.05, 4.69) is 20.9 Å². The first kappa shape index (κ1) is 20.9. The molecule has 2 rings (SSSR count). The summed E-state index contributed by atoms with van der Waals surface area (Å²) in [4.78, 5) is 38.0. The van der Waals surface area contributed by atoms with Crippen LogP contribution in [0.25, 0.3) is 0 Å². The minimum atomic E-state index is -0.517. The summed E-state index contributed by atoms with van der Waals surface area (Å²) in [7, 11) is 0. The SMILES string of the molecule is CC(=O)N[C@H](C(=O)NC1CCN(CC(=O)Nc2ccccc2)CC1)C(C)C. The summed E-state index contributed by atoms with van der Waals surface area (Å²) >= 11 is 0. The minimum absolute atomic E-state index is 0.0238. The van der Waals surface area contributed by atoms with Crippen LogP contribution in [0.3, 0.4) is 0 Å². The van der Waals surface area contributed by atoms with Crippen LogP contribution in [0.15, 0.2) is 30.3 Å². The molecule has 1 heterocycles. The zero-order chi connectivity index (χ0) is 19.8. The first-order valence-corrected chi connectivity index (χ1v) is 9.50. The normalized spacial score (nSPS) is 16.6. The Morgan fingerprint density at radius 1 is 1.11 bits per heavy atom. The second-order valence-corrected chi connectivity index (χ2v) is 7.40. The molecule has 1 atom stereocenters. The Hall–Kier alpha value is -2.41. The summed E-state index contributed by atoms with van der Waals surface area (Å²) in [5.41, 5.74) is 0.794. The van der Waals surface area contributed by atoms with Gasteiger partial charge in [-0.3, -0.25) is 19.3 Å². The molecule has 3 amide bonds. The number of carbonyl (C=O) groups excluding carboxylic acids is 3. The fraction of sp³-hybridized carbons (Fsp3) is 0.550. The molecule has 0 aliphatic carbocycles. The van der Waals surface area contributed by atoms with Crippen LogP contribution >= 0.6 is 0 Å². The quantitative estimate of drug-likeness (QED) is 0.672. The van der Waals surface area contributed by atoms with Gasteiger partial charge in [0.25, 0.3) is 0 Å². The third-order valence-corrected chi connectivity index (χ3v) is 4.67. The van der Waals surface area contributed by atoms with Crippen molar-refractivity contribution in [2.45, 2.75) is 45.7 Å². The molecule has 1 saturated heterocycles. The van der Waals surface area contributed by atoms with Gasteiger partial charge in [0.1, 0.15) is 6.04 Å². The molecule has 1 aliphatic heterocycles. The molecule has 27 heavy (non-hydrogen) atoms. The summed E-state index contributed by atoms with van der Waals surface area (Å²) in [5.74, 6) is -0.353. The van der Waals surface area contributed by atoms with E-state index in [4.69, 9.17) is 0 Å². The van der Waals surface area contributed by atoms with Crippen LogP contribution < -0.4 is 16.0 Å². The Bertz CT molecular complexity index is 640. The first-order valence-electron chi connectivity index (χ1n) is 9.50. The van der Waals surface area contributed by atoms with Crippen LogP contribution in [-0.2, 0) is 14.4 Å². The Morgan fingerprint density at radius 2 is 1.74 bits per heavy atom. The van der Waals surface area contributed by atoms with Gasteiger partial charge >= 0.3 is 0 Å². The van der Waals surface area contributed by atoms with E-state index in [0.717, 1.165) is 31.6 Å². The van der Waals surface area contributed by atoms with Gasteiger partial charge in [0.05, 0.1) is 6.54 Å². The average molecular weight is 374 g/mol. The van der Waals surface area contributed by atoms with Gasteiger partial charge in [0.2, 0.25) is 17.7 Å². The fourth-order valence-corrected chi connectivity index (χ4v) is 3.21. The van der Waals surface area contributed by atoms with E-state index in [0.29, 0.717) is 6.54 Å². The second kappa shape index (κ2) is 10.1. The highest BCUT2D eigenvalue weighted by Gasteiger charge is 2.27. The Labute approximate surface area is 160 Å². The van der Waals surface area contributed by atoms with Gasteiger partial charge in [-0.1, -0.05) is 32.0 Å². The van der Waals surface area contributed by atoms with Crippen LogP contribution in [-0.4, -0.2) is 54.3 Å². The van der Waals surface area contributed by atoms with Crippen molar-refractivity contribution in [3.8, 4) is 0 Å². The molecular weight excluding hydrogens is 344 g/mol. The topological polar surface area (TPSA) is 90.5 Å². The van der Waals surface area contributed by atoms with Crippen LogP contribution in [0.2, 0.25) is 0 Å². The van der Waals surface area contributed by atoms with Crippen molar-refractivity contribution in [2.75, 3.05) is 25.0 Å². The van der Waals surface area contributed by atoms with E-state index in [1.54, 1.807) is 0 Å². The standard InChI is InChI=1S/C20H30N4O3/c1-14(2)19(21-15(3)25)20(27)23-17-9-11-24(12-10-17)13-18(26)22-16-7-5-4-6-8-16/h4-8,14,17,19H,9-13H2,1-3H3,(H,21,25)(H,22,26)(H,23,27)/t19-/m0/s1. The predicted octanol–water partition coefficient (Wildman–Crippen LogP) is 1.37. The van der Waals surface area contributed by atoms with E-state index in [9.17, 15) is 14.4 Å². The molecule has 3 N–H and O–H groups in total. The van der Waals surface area contributed by atoms with Gasteiger partial charge in [-0.05, 0) is 30.9 Å². The fourth-order valence-electron chi connectivity index (χ4n) is 3.21. The number of amides is 3. The van der Waals surface area contributed by atoms with E-state index in [1.807, 2.05) is 44.2 Å². The summed E-state index contributed by atoms with van der Waals surface area (Å²) in [5, 5.41) is 8.64. The maximum Gasteiger partial charge on any atom is 0.243 e. The van der Waals surface area contributed by atoms with Crippen molar-refractivity contribution in [3.05, 3.63) is 30.3 Å². The van der Waals surface area contributed by atoms with Crippen molar-refractivity contribution in [1.29, 1.82) is 0 Å². The van der Waals surface area contributed by atoms with Gasteiger partial charge in [0.15, 0.2) is 0 Å². The highest BCUT2D eigenvalue weighted by atomic mass is 16.2. The molecule has 1 aromatic rings. The van der Waals surface area contributed by atoms with Gasteiger partial charge in [0, 0.05) is 31.7 Å². The largest absolute Gasteiger partial charge is 0.351 e. The van der Waals surface area contributed by atoms with Crippen LogP contribution in [0.4, 0.5) is 5.69 Å². The summed E-state index contributed by atoms with van der Waals surface area (Å²) in [6.07, 6.45) is 1.57. The number of carbonyl (C=O) groups is 3. The van der Waals surface area contributed by atoms with Gasteiger partial charge < -0.3 is 16.0 Å². The highest BCUT2D eigenvalue weighted by molar-refractivity contribution is 5.92. The molecule has 0 spiro atoms. The third kappa shape index (κ3) is 7.02. The molecule has 0 radical (unpaired) electrons. The molecule has 0 bridgehead atoms. The molecule has 1 fully saturated rings. The molecule has 0 unspecified atom stereocenters. The number of piperidine rings is 1. The second-order valence-electron chi connectivity index (χ2n) is 7.40. The lowest BCUT2D eigenvalue weighted by atomic mass is 10.0. The molecule has 0 saturated carbocycles. The van der Waals surface area contributed by atoms with E-state index < -0.39 is 6.04 Å². The smallest absolute Gasteiger partial charge is 0.243 e. The lowest BCUT2D eigenvalue weighted by Gasteiger charge is -2.33. The van der Waals surface area contributed by atoms with Crippen molar-refractivity contribution >= 4 is 23.4 Å². The van der Waals surface area contributed by atoms with Gasteiger partial charge in [-0.2, -0.15) is 0 Å². The molecular formula is C20H30N4O3.